The number of carbonyl (C=O) groups excluding carboxylic acids is 2. The zero-order valence-corrected chi connectivity index (χ0v) is 21.4. The summed E-state index contributed by atoms with van der Waals surface area (Å²) < 4.78 is 35.2. The number of rotatable bonds is 7. The number of likely N-dealkylation sites (tertiary alicyclic amines) is 1. The molecule has 7 nitrogen and oxygen atoms in total. The number of benzene rings is 2. The van der Waals surface area contributed by atoms with Gasteiger partial charge in [0.2, 0.25) is 0 Å². The number of hydrogen-bond donors (Lipinski definition) is 0. The molecule has 0 N–H and O–H groups in total. The van der Waals surface area contributed by atoms with Gasteiger partial charge in [-0.05, 0) is 75.2 Å². The zero-order chi connectivity index (χ0) is 26.4. The van der Waals surface area contributed by atoms with Crippen molar-refractivity contribution in [3.05, 3.63) is 65.0 Å². The minimum Gasteiger partial charge on any atom is -0.356 e. The van der Waals surface area contributed by atoms with Gasteiger partial charge < -0.3 is 18.9 Å². The fraction of sp³-hybridized carbons (Fsp3) is 0.414. The first-order chi connectivity index (χ1) is 18.4. The Bertz CT molecular complexity index is 1530. The van der Waals surface area contributed by atoms with E-state index in [0.717, 1.165) is 60.0 Å². The first kappa shape index (κ1) is 24.7. The molecule has 38 heavy (non-hydrogen) atoms. The molecule has 0 atom stereocenters. The number of carbonyl (C=O) groups is 2. The number of hydrogen-bond acceptors (Lipinski definition) is 5. The number of Topliss-reactive ketones (excluding diaryl/α,β-unsaturated/α-hetero) is 1. The van der Waals surface area contributed by atoms with E-state index in [4.69, 9.17) is 4.52 Å². The Morgan fingerprint density at radius 1 is 1.00 bits per heavy atom. The van der Waals surface area contributed by atoms with Gasteiger partial charge in [0.05, 0.1) is 5.69 Å². The predicted octanol–water partition coefficient (Wildman–Crippen LogP) is 4.92. The van der Waals surface area contributed by atoms with Crippen molar-refractivity contribution in [1.82, 2.24) is 19.5 Å². The number of fused-ring (bicyclic) bond motifs is 4. The summed E-state index contributed by atoms with van der Waals surface area (Å²) in [6, 6.07) is 9.28. The van der Waals surface area contributed by atoms with Gasteiger partial charge in [-0.15, -0.1) is 0 Å². The van der Waals surface area contributed by atoms with Gasteiger partial charge in [0.25, 0.3) is 5.91 Å². The van der Waals surface area contributed by atoms with Gasteiger partial charge in [0.15, 0.2) is 5.58 Å². The van der Waals surface area contributed by atoms with Crippen LogP contribution in [0.2, 0.25) is 0 Å². The Labute approximate surface area is 219 Å². The second kappa shape index (κ2) is 9.94. The smallest absolute Gasteiger partial charge is 0.270 e. The molecule has 4 aromatic rings. The average Bonchev–Trinajstić information content (AvgIpc) is 3.46. The highest BCUT2D eigenvalue weighted by molar-refractivity contribution is 6.02. The average molecular weight is 521 g/mol. The normalized spacial score (nSPS) is 17.0. The third kappa shape index (κ3) is 4.49. The number of aromatic nitrogens is 2. The summed E-state index contributed by atoms with van der Waals surface area (Å²) in [6.07, 6.45) is 2.77. The molecule has 1 saturated heterocycles. The van der Waals surface area contributed by atoms with E-state index in [-0.39, 0.29) is 29.2 Å². The molecule has 0 spiro atoms. The van der Waals surface area contributed by atoms with Crippen molar-refractivity contribution < 1.29 is 22.9 Å². The number of nitrogens with zero attached hydrogens (tertiary/aromatic N) is 4. The summed E-state index contributed by atoms with van der Waals surface area (Å²) in [5.74, 6) is -0.442. The number of amides is 1. The predicted molar refractivity (Wildman–Crippen MR) is 139 cm³/mol. The van der Waals surface area contributed by atoms with Crippen molar-refractivity contribution >= 4 is 33.6 Å². The minimum atomic E-state index is -0.337. The van der Waals surface area contributed by atoms with Gasteiger partial charge in [-0.2, -0.15) is 0 Å². The van der Waals surface area contributed by atoms with Gasteiger partial charge in [0.1, 0.15) is 23.1 Å². The summed E-state index contributed by atoms with van der Waals surface area (Å²) in [6.45, 7) is 5.58. The molecule has 0 radical (unpaired) electrons. The number of piperidine rings is 1. The van der Waals surface area contributed by atoms with Crippen LogP contribution in [0.15, 0.2) is 40.9 Å². The van der Waals surface area contributed by atoms with Crippen LogP contribution in [0.1, 0.15) is 53.8 Å². The summed E-state index contributed by atoms with van der Waals surface area (Å²) in [7, 11) is 0. The molecular weight excluding hydrogens is 490 g/mol. The number of halogens is 2. The lowest BCUT2D eigenvalue weighted by Crippen LogP contribution is -2.41. The molecule has 2 aliphatic rings. The summed E-state index contributed by atoms with van der Waals surface area (Å²) in [5, 5.41) is 5.90. The fourth-order valence-corrected chi connectivity index (χ4v) is 6.03. The molecule has 0 unspecified atom stereocenters. The molecule has 2 aromatic heterocycles. The van der Waals surface area contributed by atoms with E-state index in [1.165, 1.54) is 31.2 Å². The maximum Gasteiger partial charge on any atom is 0.270 e. The molecule has 0 bridgehead atoms. The third-order valence-corrected chi connectivity index (χ3v) is 8.06. The van der Waals surface area contributed by atoms with Gasteiger partial charge >= 0.3 is 0 Å². The van der Waals surface area contributed by atoms with Crippen molar-refractivity contribution in [2.45, 2.75) is 45.1 Å². The van der Waals surface area contributed by atoms with Crippen LogP contribution < -0.4 is 0 Å². The molecule has 198 valence electrons. The second-order valence-corrected chi connectivity index (χ2v) is 10.5. The van der Waals surface area contributed by atoms with E-state index < -0.39 is 0 Å². The maximum atomic E-state index is 14.3. The third-order valence-electron chi connectivity index (χ3n) is 8.06. The van der Waals surface area contributed by atoms with E-state index in [0.29, 0.717) is 43.8 Å². The lowest BCUT2D eigenvalue weighted by atomic mass is 9.91. The standard InChI is InChI=1S/C29H30F2N4O3/c1-18(36)6-13-34-14-15-35-25-5-3-20(30)16-24(25)22(28(35)29(34)37)9-12-33-10-7-19(8-11-33)27-23-4-2-21(31)17-26(23)38-32-27/h2-5,16-17,19H,6-15H2,1H3. The van der Waals surface area contributed by atoms with Crippen LogP contribution in [0.5, 0.6) is 0 Å². The second-order valence-electron chi connectivity index (χ2n) is 10.5. The van der Waals surface area contributed by atoms with Crippen LogP contribution in [0.25, 0.3) is 21.9 Å². The SMILES string of the molecule is CC(=O)CCN1CCn2c(c(CCN3CCC(c4noc5cc(F)ccc45)CC3)c3cc(F)ccc32)C1=O. The quantitative estimate of drug-likeness (QED) is 0.346. The van der Waals surface area contributed by atoms with Gasteiger partial charge in [-0.3, -0.25) is 9.59 Å². The molecule has 9 heteroatoms. The van der Waals surface area contributed by atoms with Gasteiger partial charge in [-0.25, -0.2) is 8.78 Å². The Kier molecular flexibility index (Phi) is 6.47. The van der Waals surface area contributed by atoms with Crippen molar-refractivity contribution in [3.63, 3.8) is 0 Å². The fourth-order valence-electron chi connectivity index (χ4n) is 6.03. The van der Waals surface area contributed by atoms with Crippen LogP contribution in [-0.2, 0) is 17.8 Å². The van der Waals surface area contributed by atoms with Crippen LogP contribution in [0, 0.1) is 11.6 Å². The Morgan fingerprint density at radius 3 is 2.55 bits per heavy atom. The maximum absolute atomic E-state index is 14.3. The molecule has 0 saturated carbocycles. The van der Waals surface area contributed by atoms with E-state index in [2.05, 4.69) is 10.1 Å². The topological polar surface area (TPSA) is 71.6 Å². The van der Waals surface area contributed by atoms with E-state index >= 15 is 0 Å². The summed E-state index contributed by atoms with van der Waals surface area (Å²) in [5.41, 5.74) is 3.74. The van der Waals surface area contributed by atoms with Crippen LogP contribution in [-0.4, -0.2) is 63.9 Å². The Morgan fingerprint density at radius 2 is 1.76 bits per heavy atom. The highest BCUT2D eigenvalue weighted by Gasteiger charge is 2.31. The Hall–Kier alpha value is -3.59. The van der Waals surface area contributed by atoms with Crippen LogP contribution in [0.3, 0.4) is 0 Å². The molecule has 0 aliphatic carbocycles. The number of ketones is 1. The first-order valence-corrected chi connectivity index (χ1v) is 13.3. The molecule has 2 aromatic carbocycles. The molecule has 1 fully saturated rings. The molecular formula is C29H30F2N4O3. The minimum absolute atomic E-state index is 0.0559. The van der Waals surface area contributed by atoms with E-state index in [9.17, 15) is 18.4 Å². The molecule has 4 heterocycles. The lowest BCUT2D eigenvalue weighted by Gasteiger charge is -2.32. The Balaban J connectivity index is 1.19. The zero-order valence-electron chi connectivity index (χ0n) is 21.4. The molecule has 6 rings (SSSR count). The summed E-state index contributed by atoms with van der Waals surface area (Å²) in [4.78, 5) is 29.1. The van der Waals surface area contributed by atoms with Crippen molar-refractivity contribution in [3.8, 4) is 0 Å². The molecule has 1 amide bonds. The van der Waals surface area contributed by atoms with Crippen molar-refractivity contribution in [1.29, 1.82) is 0 Å². The monoisotopic (exact) mass is 520 g/mol. The highest BCUT2D eigenvalue weighted by atomic mass is 19.1. The van der Waals surface area contributed by atoms with E-state index in [1.54, 1.807) is 17.0 Å². The van der Waals surface area contributed by atoms with Gasteiger partial charge in [0, 0.05) is 60.9 Å². The van der Waals surface area contributed by atoms with Gasteiger partial charge in [-0.1, -0.05) is 5.16 Å². The van der Waals surface area contributed by atoms with Crippen LogP contribution in [0.4, 0.5) is 8.78 Å². The van der Waals surface area contributed by atoms with Crippen molar-refractivity contribution in [2.75, 3.05) is 32.7 Å². The lowest BCUT2D eigenvalue weighted by molar-refractivity contribution is -0.117. The first-order valence-electron chi connectivity index (χ1n) is 13.3. The summed E-state index contributed by atoms with van der Waals surface area (Å²) >= 11 is 0. The molecule has 2 aliphatic heterocycles. The largest absolute Gasteiger partial charge is 0.356 e. The highest BCUT2D eigenvalue weighted by Crippen LogP contribution is 2.34. The van der Waals surface area contributed by atoms with Crippen LogP contribution >= 0.6 is 0 Å². The van der Waals surface area contributed by atoms with Crippen molar-refractivity contribution in [2.24, 2.45) is 0 Å². The van der Waals surface area contributed by atoms with E-state index in [1.807, 2.05) is 4.57 Å².